The number of amides is 3. The van der Waals surface area contributed by atoms with Gasteiger partial charge >= 0.3 is 5.97 Å². The second kappa shape index (κ2) is 19.6. The highest BCUT2D eigenvalue weighted by Crippen LogP contribution is 2.44. The van der Waals surface area contributed by atoms with Crippen LogP contribution in [0.5, 0.6) is 11.5 Å². The molecule has 6 heterocycles. The van der Waals surface area contributed by atoms with Gasteiger partial charge in [0.25, 0.3) is 5.91 Å². The highest BCUT2D eigenvalue weighted by molar-refractivity contribution is 6.35. The first kappa shape index (κ1) is 49.3. The maximum absolute atomic E-state index is 14.7. The summed E-state index contributed by atoms with van der Waals surface area (Å²) in [6, 6.07) is 19.7. The number of ether oxygens (including phenoxy) is 3. The lowest BCUT2D eigenvalue weighted by atomic mass is 9.72. The number of aryl methyl sites for hydroxylation is 3. The maximum atomic E-state index is 14.7. The molecule has 1 N–H and O–H groups in total. The van der Waals surface area contributed by atoms with Crippen LogP contribution in [0.25, 0.3) is 32.8 Å². The Morgan fingerprint density at radius 1 is 0.917 bits per heavy atom. The van der Waals surface area contributed by atoms with Crippen molar-refractivity contribution in [3.63, 3.8) is 0 Å². The standard InChI is InChI=1S/C56H63ClFN7O7/c1-34-49(35(2)61(6)60-34)50-43(57)18-17-41-40(12-9-27-70-45-13-7-10-36-28-38(58)15-16-39(36)45)52(54(69)72-55(3,4)5)65(51(41)50)26-25-62-32-56(33-62)21-23-63(24-22-56)48(67)31-71-46-14-8-11-37-29-64(30-42(37)46)44-19-20-47(66)59-53(44)68/h7-8,10-11,13-18,28,44H,9,12,19-27,29-33H2,1-6H3,(H,59,66,68). The number of imide groups is 1. The Morgan fingerprint density at radius 2 is 1.67 bits per heavy atom. The maximum Gasteiger partial charge on any atom is 0.355 e. The zero-order chi connectivity index (χ0) is 50.6. The minimum absolute atomic E-state index is 0.0472. The number of aromatic nitrogens is 3. The van der Waals surface area contributed by atoms with Crippen LogP contribution in [0.4, 0.5) is 4.39 Å². The molecular weight excluding hydrogens is 937 g/mol. The molecule has 1 unspecified atom stereocenters. The van der Waals surface area contributed by atoms with Crippen molar-refractivity contribution in [1.82, 2.24) is 34.4 Å². The quantitative estimate of drug-likeness (QED) is 0.0641. The molecule has 0 aliphatic carbocycles. The van der Waals surface area contributed by atoms with Crippen LogP contribution < -0.4 is 14.8 Å². The van der Waals surface area contributed by atoms with Crippen LogP contribution in [0.3, 0.4) is 0 Å². The van der Waals surface area contributed by atoms with E-state index in [4.69, 9.17) is 30.9 Å². The molecule has 0 saturated carbocycles. The van der Waals surface area contributed by atoms with Crippen LogP contribution in [0.1, 0.15) is 91.4 Å². The molecule has 10 rings (SSSR count). The summed E-state index contributed by atoms with van der Waals surface area (Å²) in [5.74, 6) is 0.0814. The van der Waals surface area contributed by atoms with Crippen LogP contribution in [0, 0.1) is 25.1 Å². The topological polar surface area (TPSA) is 140 Å². The highest BCUT2D eigenvalue weighted by atomic mass is 35.5. The molecule has 4 aliphatic rings. The van der Waals surface area contributed by atoms with E-state index in [9.17, 15) is 23.6 Å². The van der Waals surface area contributed by atoms with Crippen molar-refractivity contribution in [2.45, 2.75) is 104 Å². The van der Waals surface area contributed by atoms with Gasteiger partial charge in [-0.15, -0.1) is 0 Å². The molecule has 3 saturated heterocycles. The predicted molar refractivity (Wildman–Crippen MR) is 274 cm³/mol. The molecule has 3 fully saturated rings. The zero-order valence-corrected chi connectivity index (χ0v) is 42.8. The largest absolute Gasteiger partial charge is 0.493 e. The summed E-state index contributed by atoms with van der Waals surface area (Å²) in [6.45, 7) is 15.3. The molecule has 6 aromatic rings. The Labute approximate surface area is 424 Å². The summed E-state index contributed by atoms with van der Waals surface area (Å²) < 4.78 is 36.8. The van der Waals surface area contributed by atoms with Gasteiger partial charge in [0, 0.05) is 99.0 Å². The first-order valence-electron chi connectivity index (χ1n) is 25.2. The van der Waals surface area contributed by atoms with Crippen molar-refractivity contribution in [2.75, 3.05) is 45.9 Å². The molecule has 0 radical (unpaired) electrons. The van der Waals surface area contributed by atoms with Gasteiger partial charge in [0.05, 0.1) is 28.9 Å². The number of hydrogen-bond donors (Lipinski definition) is 1. The number of fused-ring (bicyclic) bond motifs is 3. The Kier molecular flexibility index (Phi) is 13.4. The molecule has 2 aromatic heterocycles. The van der Waals surface area contributed by atoms with Crippen LogP contribution in [0.2, 0.25) is 5.02 Å². The first-order valence-corrected chi connectivity index (χ1v) is 25.5. The summed E-state index contributed by atoms with van der Waals surface area (Å²) in [7, 11) is 1.92. The van der Waals surface area contributed by atoms with Crippen molar-refractivity contribution in [2.24, 2.45) is 12.5 Å². The van der Waals surface area contributed by atoms with E-state index in [1.54, 1.807) is 6.07 Å². The predicted octanol–water partition coefficient (Wildman–Crippen LogP) is 8.70. The lowest BCUT2D eigenvalue weighted by Crippen LogP contribution is -2.61. The van der Waals surface area contributed by atoms with Crippen molar-refractivity contribution < 1.29 is 37.8 Å². The van der Waals surface area contributed by atoms with Gasteiger partial charge in [0.15, 0.2) is 6.61 Å². The van der Waals surface area contributed by atoms with Gasteiger partial charge in [-0.3, -0.25) is 29.3 Å². The van der Waals surface area contributed by atoms with Gasteiger partial charge in [-0.2, -0.15) is 5.10 Å². The summed E-state index contributed by atoms with van der Waals surface area (Å²) in [5.41, 5.74) is 7.18. The molecule has 1 atom stereocenters. The lowest BCUT2D eigenvalue weighted by Gasteiger charge is -2.54. The molecular formula is C56H63ClFN7O7. The monoisotopic (exact) mass is 999 g/mol. The number of likely N-dealkylation sites (tertiary alicyclic amines) is 2. The molecule has 0 bridgehead atoms. The average molecular weight is 1000 g/mol. The van der Waals surface area contributed by atoms with E-state index in [0.717, 1.165) is 86.8 Å². The SMILES string of the molecule is Cc1nn(C)c(C)c1-c1c(Cl)ccc2c(CCCOc3cccc4cc(F)ccc34)c(C(=O)OC(C)(C)C)n(CCN3CC4(CCN(C(=O)COc5cccc6c5CN(C5CCC(=O)NC5=O)C6)CC4)C3)c12. The molecule has 72 heavy (non-hydrogen) atoms. The number of nitrogens with one attached hydrogen (secondary N) is 1. The summed E-state index contributed by atoms with van der Waals surface area (Å²) >= 11 is 7.23. The first-order chi connectivity index (χ1) is 34.5. The summed E-state index contributed by atoms with van der Waals surface area (Å²) in [4.78, 5) is 59.1. The van der Waals surface area contributed by atoms with Crippen LogP contribution in [-0.4, -0.2) is 110 Å². The molecule has 3 amide bonds. The normalized spacial score (nSPS) is 18.2. The number of carbonyl (C=O) groups excluding carboxylic acids is 4. The third-order valence-corrected chi connectivity index (χ3v) is 15.5. The number of piperidine rings is 2. The van der Waals surface area contributed by atoms with E-state index in [2.05, 4.69) is 19.7 Å². The Morgan fingerprint density at radius 3 is 2.40 bits per heavy atom. The van der Waals surface area contributed by atoms with E-state index in [1.807, 2.05) is 99.8 Å². The highest BCUT2D eigenvalue weighted by Gasteiger charge is 2.45. The minimum Gasteiger partial charge on any atom is -0.493 e. The van der Waals surface area contributed by atoms with E-state index in [0.29, 0.717) is 93.8 Å². The van der Waals surface area contributed by atoms with E-state index >= 15 is 0 Å². The molecule has 378 valence electrons. The van der Waals surface area contributed by atoms with Crippen molar-refractivity contribution in [3.8, 4) is 22.6 Å². The number of carbonyl (C=O) groups is 4. The van der Waals surface area contributed by atoms with Gasteiger partial charge in [0.2, 0.25) is 11.8 Å². The van der Waals surface area contributed by atoms with Crippen LogP contribution in [0.15, 0.2) is 66.7 Å². The second-order valence-electron chi connectivity index (χ2n) is 21.2. The van der Waals surface area contributed by atoms with Gasteiger partial charge in [0.1, 0.15) is 28.6 Å². The number of rotatable bonds is 14. The molecule has 1 spiro atoms. The summed E-state index contributed by atoms with van der Waals surface area (Å²) in [5, 5.41) is 10.3. The van der Waals surface area contributed by atoms with Gasteiger partial charge in [-0.25, -0.2) is 9.18 Å². The average Bonchev–Trinajstić information content (AvgIpc) is 3.98. The molecule has 4 aliphatic heterocycles. The van der Waals surface area contributed by atoms with Gasteiger partial charge in [-0.05, 0) is 125 Å². The Balaban J connectivity index is 0.836. The fourth-order valence-corrected chi connectivity index (χ4v) is 11.8. The van der Waals surface area contributed by atoms with Gasteiger partial charge in [-0.1, -0.05) is 41.9 Å². The third kappa shape index (κ3) is 9.70. The number of nitrogens with zero attached hydrogens (tertiary/aromatic N) is 6. The van der Waals surface area contributed by atoms with E-state index < -0.39 is 11.6 Å². The second-order valence-corrected chi connectivity index (χ2v) is 21.6. The fraction of sp³-hybridized carbons (Fsp3) is 0.446. The number of halogens is 2. The van der Waals surface area contributed by atoms with Crippen molar-refractivity contribution >= 4 is 57.0 Å². The fourth-order valence-electron chi connectivity index (χ4n) is 11.6. The Hall–Kier alpha value is -6.29. The Bertz CT molecular complexity index is 3120. The smallest absolute Gasteiger partial charge is 0.355 e. The van der Waals surface area contributed by atoms with Crippen molar-refractivity contribution in [3.05, 3.63) is 111 Å². The van der Waals surface area contributed by atoms with Gasteiger partial charge < -0.3 is 28.6 Å². The zero-order valence-electron chi connectivity index (χ0n) is 42.0. The molecule has 14 nitrogen and oxygen atoms in total. The molecule has 16 heteroatoms. The number of hydrogen-bond acceptors (Lipinski definition) is 10. The molecule has 4 aromatic carbocycles. The minimum atomic E-state index is -0.751. The van der Waals surface area contributed by atoms with Crippen LogP contribution in [-0.2, 0) is 52.2 Å². The van der Waals surface area contributed by atoms with E-state index in [-0.39, 0.29) is 41.6 Å². The number of benzene rings is 4. The third-order valence-electron chi connectivity index (χ3n) is 15.2. The lowest BCUT2D eigenvalue weighted by molar-refractivity contribution is -0.139. The van der Waals surface area contributed by atoms with Crippen molar-refractivity contribution in [1.29, 1.82) is 0 Å². The van der Waals surface area contributed by atoms with Crippen LogP contribution >= 0.6 is 11.6 Å². The van der Waals surface area contributed by atoms with E-state index in [1.165, 1.54) is 12.1 Å². The summed E-state index contributed by atoms with van der Waals surface area (Å²) in [6.07, 6.45) is 3.69. The number of esters is 1.